The molecule has 158 valence electrons. The number of aryl methyl sites for hydroxylation is 1. The summed E-state index contributed by atoms with van der Waals surface area (Å²) in [6.07, 6.45) is 6.07. The Labute approximate surface area is 177 Å². The first-order chi connectivity index (χ1) is 14.5. The summed E-state index contributed by atoms with van der Waals surface area (Å²) in [4.78, 5) is 20.5. The molecule has 1 saturated heterocycles. The highest BCUT2D eigenvalue weighted by molar-refractivity contribution is 5.98. The highest BCUT2D eigenvalue weighted by Crippen LogP contribution is 2.33. The minimum Gasteiger partial charge on any atom is -0.497 e. The third-order valence-electron chi connectivity index (χ3n) is 5.99. The summed E-state index contributed by atoms with van der Waals surface area (Å²) >= 11 is 0. The number of rotatable bonds is 4. The van der Waals surface area contributed by atoms with Gasteiger partial charge < -0.3 is 9.64 Å². The molecule has 1 fully saturated rings. The van der Waals surface area contributed by atoms with Crippen molar-refractivity contribution in [2.24, 2.45) is 0 Å². The largest absolute Gasteiger partial charge is 0.497 e. The maximum absolute atomic E-state index is 13.7. The molecule has 0 aliphatic carbocycles. The van der Waals surface area contributed by atoms with Crippen molar-refractivity contribution in [3.8, 4) is 5.75 Å². The molecular formula is C24H30N4O2. The molecule has 1 amide bonds. The van der Waals surface area contributed by atoms with Crippen LogP contribution in [0.25, 0.3) is 11.0 Å². The average Bonchev–Trinajstić information content (AvgIpc) is 3.00. The van der Waals surface area contributed by atoms with Gasteiger partial charge in [0, 0.05) is 18.0 Å². The quantitative estimate of drug-likeness (QED) is 0.606. The topological polar surface area (TPSA) is 60.2 Å². The van der Waals surface area contributed by atoms with Crippen molar-refractivity contribution in [2.75, 3.05) is 13.7 Å². The fourth-order valence-corrected chi connectivity index (χ4v) is 4.34. The number of fused-ring (bicyclic) bond motifs is 1. The van der Waals surface area contributed by atoms with Gasteiger partial charge in [-0.3, -0.25) is 4.79 Å². The standard InChI is InChI=1S/C24H30N4O2/c1-16(2)28-23-19(15-25-28)14-21(17(3)26-23)24(29)27-13-7-5-6-8-22(27)18-9-11-20(30-4)12-10-18/h9-12,14-16,22H,5-8,13H2,1-4H3. The van der Waals surface area contributed by atoms with Crippen LogP contribution in [0.5, 0.6) is 5.75 Å². The van der Waals surface area contributed by atoms with E-state index >= 15 is 0 Å². The van der Waals surface area contributed by atoms with Crippen molar-refractivity contribution in [2.45, 2.75) is 58.5 Å². The summed E-state index contributed by atoms with van der Waals surface area (Å²) in [7, 11) is 1.67. The molecule has 0 bridgehead atoms. The van der Waals surface area contributed by atoms with Gasteiger partial charge in [-0.25, -0.2) is 9.67 Å². The zero-order chi connectivity index (χ0) is 21.3. The number of ether oxygens (including phenoxy) is 1. The minimum atomic E-state index is 0.0573. The zero-order valence-electron chi connectivity index (χ0n) is 18.3. The molecular weight excluding hydrogens is 376 g/mol. The number of nitrogens with zero attached hydrogens (tertiary/aromatic N) is 4. The first-order valence-electron chi connectivity index (χ1n) is 10.8. The monoisotopic (exact) mass is 406 g/mol. The van der Waals surface area contributed by atoms with E-state index in [1.165, 1.54) is 0 Å². The molecule has 1 atom stereocenters. The van der Waals surface area contributed by atoms with Gasteiger partial charge in [-0.05, 0) is 57.4 Å². The predicted molar refractivity (Wildman–Crippen MR) is 118 cm³/mol. The fraction of sp³-hybridized carbons (Fsp3) is 0.458. The first kappa shape index (κ1) is 20.4. The number of likely N-dealkylation sites (tertiary alicyclic amines) is 1. The van der Waals surface area contributed by atoms with Crippen LogP contribution in [0.3, 0.4) is 0 Å². The molecule has 2 aromatic heterocycles. The van der Waals surface area contributed by atoms with E-state index in [1.807, 2.05) is 40.9 Å². The number of aromatic nitrogens is 3. The molecule has 0 N–H and O–H groups in total. The molecule has 3 heterocycles. The van der Waals surface area contributed by atoms with E-state index in [4.69, 9.17) is 9.72 Å². The van der Waals surface area contributed by atoms with Gasteiger partial charge in [0.2, 0.25) is 0 Å². The number of amides is 1. The summed E-state index contributed by atoms with van der Waals surface area (Å²) < 4.78 is 7.21. The molecule has 1 unspecified atom stereocenters. The van der Waals surface area contributed by atoms with Gasteiger partial charge in [-0.1, -0.05) is 25.0 Å². The molecule has 6 heteroatoms. The highest BCUT2D eigenvalue weighted by atomic mass is 16.5. The van der Waals surface area contributed by atoms with Crippen LogP contribution in [0.1, 0.15) is 73.2 Å². The van der Waals surface area contributed by atoms with Crippen LogP contribution < -0.4 is 4.74 Å². The van der Waals surface area contributed by atoms with Crippen molar-refractivity contribution >= 4 is 16.9 Å². The van der Waals surface area contributed by atoms with E-state index in [1.54, 1.807) is 7.11 Å². The van der Waals surface area contributed by atoms with Gasteiger partial charge in [0.25, 0.3) is 5.91 Å². The first-order valence-corrected chi connectivity index (χ1v) is 10.8. The third-order valence-corrected chi connectivity index (χ3v) is 5.99. The second kappa shape index (κ2) is 8.46. The molecule has 0 saturated carbocycles. The lowest BCUT2D eigenvalue weighted by Gasteiger charge is -2.31. The second-order valence-electron chi connectivity index (χ2n) is 8.35. The van der Waals surface area contributed by atoms with E-state index < -0.39 is 0 Å². The molecule has 6 nitrogen and oxygen atoms in total. The van der Waals surface area contributed by atoms with E-state index in [0.29, 0.717) is 5.56 Å². The maximum atomic E-state index is 13.7. The number of hydrogen-bond donors (Lipinski definition) is 0. The lowest BCUT2D eigenvalue weighted by Crippen LogP contribution is -2.35. The summed E-state index contributed by atoms with van der Waals surface area (Å²) in [6.45, 7) is 6.85. The zero-order valence-corrected chi connectivity index (χ0v) is 18.3. The lowest BCUT2D eigenvalue weighted by molar-refractivity contribution is 0.0680. The van der Waals surface area contributed by atoms with Gasteiger partial charge in [0.1, 0.15) is 5.75 Å². The summed E-state index contributed by atoms with van der Waals surface area (Å²) in [6, 6.07) is 10.4. The number of pyridine rings is 1. The lowest BCUT2D eigenvalue weighted by atomic mass is 9.99. The minimum absolute atomic E-state index is 0.0573. The van der Waals surface area contributed by atoms with Crippen molar-refractivity contribution < 1.29 is 9.53 Å². The van der Waals surface area contributed by atoms with Crippen molar-refractivity contribution in [1.29, 1.82) is 0 Å². The van der Waals surface area contributed by atoms with E-state index in [9.17, 15) is 4.79 Å². The Balaban J connectivity index is 1.70. The Morgan fingerprint density at radius 2 is 1.93 bits per heavy atom. The molecule has 1 aromatic carbocycles. The number of benzene rings is 1. The normalized spacial score (nSPS) is 17.4. The second-order valence-corrected chi connectivity index (χ2v) is 8.35. The van der Waals surface area contributed by atoms with Crippen molar-refractivity contribution in [1.82, 2.24) is 19.7 Å². The van der Waals surface area contributed by atoms with Gasteiger partial charge in [-0.2, -0.15) is 5.10 Å². The predicted octanol–water partition coefficient (Wildman–Crippen LogP) is 5.09. The number of carbonyl (C=O) groups excluding carboxylic acids is 1. The number of methoxy groups -OCH3 is 1. The average molecular weight is 407 g/mol. The van der Waals surface area contributed by atoms with Gasteiger partial charge >= 0.3 is 0 Å². The Kier molecular flexibility index (Phi) is 5.75. The van der Waals surface area contributed by atoms with E-state index in [-0.39, 0.29) is 18.0 Å². The molecule has 3 aromatic rings. The van der Waals surface area contributed by atoms with Crippen LogP contribution in [0.15, 0.2) is 36.5 Å². The fourth-order valence-electron chi connectivity index (χ4n) is 4.34. The highest BCUT2D eigenvalue weighted by Gasteiger charge is 2.29. The molecule has 0 radical (unpaired) electrons. The Morgan fingerprint density at radius 1 is 1.17 bits per heavy atom. The van der Waals surface area contributed by atoms with Gasteiger partial charge in [0.05, 0.1) is 30.6 Å². The van der Waals surface area contributed by atoms with Crippen molar-refractivity contribution in [3.63, 3.8) is 0 Å². The van der Waals surface area contributed by atoms with E-state index in [2.05, 4.69) is 31.1 Å². The van der Waals surface area contributed by atoms with Crippen LogP contribution >= 0.6 is 0 Å². The molecule has 1 aliphatic heterocycles. The summed E-state index contributed by atoms with van der Waals surface area (Å²) in [5.74, 6) is 0.889. The maximum Gasteiger partial charge on any atom is 0.256 e. The molecule has 0 spiro atoms. The van der Waals surface area contributed by atoms with Gasteiger partial charge in [0.15, 0.2) is 5.65 Å². The number of hydrogen-bond acceptors (Lipinski definition) is 4. The third kappa shape index (κ3) is 3.78. The van der Waals surface area contributed by atoms with Crippen LogP contribution in [0.4, 0.5) is 0 Å². The van der Waals surface area contributed by atoms with Crippen LogP contribution in [0, 0.1) is 6.92 Å². The van der Waals surface area contributed by atoms with Crippen LogP contribution in [0.2, 0.25) is 0 Å². The summed E-state index contributed by atoms with van der Waals surface area (Å²) in [5.41, 5.74) is 3.42. The molecule has 4 rings (SSSR count). The summed E-state index contributed by atoms with van der Waals surface area (Å²) in [5, 5.41) is 5.37. The van der Waals surface area contributed by atoms with E-state index in [0.717, 1.165) is 60.3 Å². The Morgan fingerprint density at radius 3 is 2.63 bits per heavy atom. The smallest absolute Gasteiger partial charge is 0.256 e. The Bertz CT molecular complexity index is 1040. The van der Waals surface area contributed by atoms with Gasteiger partial charge in [-0.15, -0.1) is 0 Å². The molecule has 1 aliphatic rings. The Hall–Kier alpha value is -2.89. The SMILES string of the molecule is COc1ccc(C2CCCCCN2C(=O)c2cc3cnn(C(C)C)c3nc2C)cc1. The number of carbonyl (C=O) groups is 1. The van der Waals surface area contributed by atoms with Crippen molar-refractivity contribution in [3.05, 3.63) is 53.3 Å². The van der Waals surface area contributed by atoms with Crippen LogP contribution in [-0.4, -0.2) is 39.2 Å². The van der Waals surface area contributed by atoms with Crippen LogP contribution in [-0.2, 0) is 0 Å². The molecule has 30 heavy (non-hydrogen) atoms.